The number of amidine groups is 1. The SMILES string of the molecule is COc1ccc(OC)c(C2N=c3ccccc3=C3C(=O)NC(SCc4ccc(C)cc4)=NN32)c1. The summed E-state index contributed by atoms with van der Waals surface area (Å²) in [6.07, 6.45) is -0.587. The summed E-state index contributed by atoms with van der Waals surface area (Å²) in [6.45, 7) is 2.06. The molecular weight excluding hydrogens is 448 g/mol. The minimum atomic E-state index is -0.587. The molecule has 5 rings (SSSR count). The van der Waals surface area contributed by atoms with Crippen molar-refractivity contribution in [1.82, 2.24) is 10.3 Å². The number of hydrogen-bond donors (Lipinski definition) is 1. The zero-order valence-electron chi connectivity index (χ0n) is 19.1. The molecule has 3 aromatic carbocycles. The van der Waals surface area contributed by atoms with E-state index in [2.05, 4.69) is 36.5 Å². The fourth-order valence-electron chi connectivity index (χ4n) is 3.97. The first kappa shape index (κ1) is 22.0. The number of methoxy groups -OCH3 is 2. The summed E-state index contributed by atoms with van der Waals surface area (Å²) in [6, 6.07) is 21.5. The van der Waals surface area contributed by atoms with Gasteiger partial charge in [-0.05, 0) is 36.8 Å². The molecule has 7 nitrogen and oxygen atoms in total. The van der Waals surface area contributed by atoms with Gasteiger partial charge in [0.05, 0.1) is 19.6 Å². The van der Waals surface area contributed by atoms with Gasteiger partial charge in [0.15, 0.2) is 11.3 Å². The number of hydrazone groups is 1. The number of carbonyl (C=O) groups is 1. The minimum Gasteiger partial charge on any atom is -0.497 e. The maximum Gasteiger partial charge on any atom is 0.276 e. The lowest BCUT2D eigenvalue weighted by Crippen LogP contribution is -2.50. The summed E-state index contributed by atoms with van der Waals surface area (Å²) in [5.74, 6) is 1.79. The van der Waals surface area contributed by atoms with Crippen LogP contribution in [0.3, 0.4) is 0 Å². The standard InChI is InChI=1S/C26H24N4O3S/c1-16-8-10-17(11-9-16)15-34-26-28-25(31)23-19-6-4-5-7-21(19)27-24(30(23)29-26)20-14-18(32-2)12-13-22(20)33-3/h4-14,24H,15H2,1-3H3,(H,28,29,31). The number of ether oxygens (including phenoxy) is 2. The normalized spacial score (nSPS) is 16.6. The summed E-state index contributed by atoms with van der Waals surface area (Å²) in [4.78, 5) is 18.3. The number of para-hydroxylation sites is 1. The zero-order chi connectivity index (χ0) is 23.7. The van der Waals surface area contributed by atoms with E-state index in [1.165, 1.54) is 17.3 Å². The number of benzene rings is 3. The van der Waals surface area contributed by atoms with Crippen molar-refractivity contribution < 1.29 is 14.3 Å². The van der Waals surface area contributed by atoms with E-state index in [0.29, 0.717) is 28.1 Å². The van der Waals surface area contributed by atoms with Gasteiger partial charge in [0.2, 0.25) is 0 Å². The average molecular weight is 473 g/mol. The Bertz CT molecular complexity index is 1400. The molecule has 0 fully saturated rings. The van der Waals surface area contributed by atoms with Crippen LogP contribution in [0.15, 0.2) is 76.8 Å². The molecule has 0 saturated heterocycles. The number of nitrogens with zero attached hydrogens (tertiary/aromatic N) is 3. The van der Waals surface area contributed by atoms with E-state index in [9.17, 15) is 4.79 Å². The van der Waals surface area contributed by atoms with E-state index in [4.69, 9.17) is 19.6 Å². The molecular formula is C26H24N4O3S. The van der Waals surface area contributed by atoms with Crippen molar-refractivity contribution in [1.29, 1.82) is 0 Å². The molecule has 2 aliphatic heterocycles. The summed E-state index contributed by atoms with van der Waals surface area (Å²) in [5.41, 5.74) is 3.58. The fraction of sp³-hybridized carbons (Fsp3) is 0.192. The van der Waals surface area contributed by atoms with Gasteiger partial charge in [-0.2, -0.15) is 0 Å². The number of rotatable bonds is 5. The first-order chi connectivity index (χ1) is 16.6. The van der Waals surface area contributed by atoms with Crippen LogP contribution in [0.25, 0.3) is 5.70 Å². The Kier molecular flexibility index (Phi) is 5.98. The molecule has 2 heterocycles. The van der Waals surface area contributed by atoms with Crippen LogP contribution in [0.5, 0.6) is 11.5 Å². The Hall–Kier alpha value is -3.78. The van der Waals surface area contributed by atoms with Crippen LogP contribution < -0.4 is 25.4 Å². The van der Waals surface area contributed by atoms with Crippen LogP contribution in [0.4, 0.5) is 0 Å². The maximum atomic E-state index is 13.3. The Morgan fingerprint density at radius 3 is 2.59 bits per heavy atom. The average Bonchev–Trinajstić information content (AvgIpc) is 2.87. The van der Waals surface area contributed by atoms with Crippen LogP contribution in [-0.2, 0) is 10.5 Å². The highest BCUT2D eigenvalue weighted by molar-refractivity contribution is 8.13. The molecule has 3 aromatic rings. The van der Waals surface area contributed by atoms with Crippen molar-refractivity contribution in [3.8, 4) is 11.5 Å². The van der Waals surface area contributed by atoms with Gasteiger partial charge in [-0.25, -0.2) is 5.01 Å². The van der Waals surface area contributed by atoms with Gasteiger partial charge in [0, 0.05) is 16.5 Å². The lowest BCUT2D eigenvalue weighted by atomic mass is 10.1. The monoisotopic (exact) mass is 472 g/mol. The number of amides is 1. The van der Waals surface area contributed by atoms with Crippen LogP contribution in [0.2, 0.25) is 0 Å². The highest BCUT2D eigenvalue weighted by Gasteiger charge is 2.35. The summed E-state index contributed by atoms with van der Waals surface area (Å²) >= 11 is 1.48. The lowest BCUT2D eigenvalue weighted by molar-refractivity contribution is -0.116. The van der Waals surface area contributed by atoms with Crippen molar-refractivity contribution in [2.75, 3.05) is 14.2 Å². The van der Waals surface area contributed by atoms with E-state index >= 15 is 0 Å². The number of hydrogen-bond acceptors (Lipinski definition) is 7. The highest BCUT2D eigenvalue weighted by Crippen LogP contribution is 2.37. The third kappa shape index (κ3) is 4.12. The van der Waals surface area contributed by atoms with Crippen LogP contribution in [-0.4, -0.2) is 30.3 Å². The molecule has 1 unspecified atom stereocenters. The molecule has 8 heteroatoms. The molecule has 0 radical (unpaired) electrons. The van der Waals surface area contributed by atoms with E-state index in [1.807, 2.05) is 42.5 Å². The molecule has 0 spiro atoms. The van der Waals surface area contributed by atoms with E-state index < -0.39 is 6.17 Å². The van der Waals surface area contributed by atoms with Crippen molar-refractivity contribution in [2.45, 2.75) is 18.8 Å². The number of thioether (sulfide) groups is 1. The quantitative estimate of drug-likeness (QED) is 0.618. The number of aryl methyl sites for hydroxylation is 1. The van der Waals surface area contributed by atoms with Crippen LogP contribution >= 0.6 is 11.8 Å². The smallest absolute Gasteiger partial charge is 0.276 e. The number of nitrogens with one attached hydrogen (secondary N) is 1. The summed E-state index contributed by atoms with van der Waals surface area (Å²) < 4.78 is 11.1. The van der Waals surface area contributed by atoms with Crippen molar-refractivity contribution in [3.63, 3.8) is 0 Å². The van der Waals surface area contributed by atoms with Gasteiger partial charge in [0.25, 0.3) is 5.91 Å². The second-order valence-electron chi connectivity index (χ2n) is 7.95. The molecule has 0 aromatic heterocycles. The van der Waals surface area contributed by atoms with Crippen molar-refractivity contribution in [2.24, 2.45) is 10.1 Å². The third-order valence-electron chi connectivity index (χ3n) is 5.73. The molecule has 0 saturated carbocycles. The molecule has 1 amide bonds. The first-order valence-electron chi connectivity index (χ1n) is 10.8. The molecule has 0 aliphatic carbocycles. The number of carbonyl (C=O) groups excluding carboxylic acids is 1. The maximum absolute atomic E-state index is 13.3. The second kappa shape index (κ2) is 9.23. The van der Waals surface area contributed by atoms with E-state index in [0.717, 1.165) is 21.7 Å². The molecule has 34 heavy (non-hydrogen) atoms. The van der Waals surface area contributed by atoms with E-state index in [1.54, 1.807) is 19.2 Å². The van der Waals surface area contributed by atoms with Crippen LogP contribution in [0, 0.1) is 6.92 Å². The first-order valence-corrected chi connectivity index (χ1v) is 11.8. The predicted octanol–water partition coefficient (Wildman–Crippen LogP) is 3.09. The Balaban J connectivity index is 1.59. The van der Waals surface area contributed by atoms with Gasteiger partial charge < -0.3 is 9.47 Å². The Morgan fingerprint density at radius 2 is 1.82 bits per heavy atom. The summed E-state index contributed by atoms with van der Waals surface area (Å²) in [5, 5.41) is 11.5. The third-order valence-corrected chi connectivity index (χ3v) is 6.66. The highest BCUT2D eigenvalue weighted by atomic mass is 32.2. The van der Waals surface area contributed by atoms with Crippen molar-refractivity contribution in [3.05, 3.63) is 94.0 Å². The number of fused-ring (bicyclic) bond motifs is 2. The molecule has 172 valence electrons. The lowest BCUT2D eigenvalue weighted by Gasteiger charge is -2.34. The Labute approximate surface area is 201 Å². The zero-order valence-corrected chi connectivity index (χ0v) is 19.9. The Morgan fingerprint density at radius 1 is 1.03 bits per heavy atom. The second-order valence-corrected chi connectivity index (χ2v) is 8.92. The summed E-state index contributed by atoms with van der Waals surface area (Å²) in [7, 11) is 3.23. The molecule has 0 bridgehead atoms. The van der Waals surface area contributed by atoms with Gasteiger partial charge in [-0.3, -0.25) is 15.1 Å². The van der Waals surface area contributed by atoms with E-state index in [-0.39, 0.29) is 5.91 Å². The fourth-order valence-corrected chi connectivity index (χ4v) is 4.78. The van der Waals surface area contributed by atoms with Crippen molar-refractivity contribution >= 4 is 28.5 Å². The molecule has 2 aliphatic rings. The van der Waals surface area contributed by atoms with Gasteiger partial charge in [0.1, 0.15) is 17.2 Å². The predicted molar refractivity (Wildman–Crippen MR) is 133 cm³/mol. The largest absolute Gasteiger partial charge is 0.497 e. The molecule has 1 atom stereocenters. The molecule has 1 N–H and O–H groups in total. The van der Waals surface area contributed by atoms with Gasteiger partial charge >= 0.3 is 0 Å². The topological polar surface area (TPSA) is 75.5 Å². The minimum absolute atomic E-state index is 0.212. The van der Waals surface area contributed by atoms with Gasteiger partial charge in [-0.1, -0.05) is 59.8 Å². The van der Waals surface area contributed by atoms with Crippen LogP contribution in [0.1, 0.15) is 22.9 Å². The van der Waals surface area contributed by atoms with Gasteiger partial charge in [-0.15, -0.1) is 5.10 Å².